The van der Waals surface area contributed by atoms with Gasteiger partial charge >= 0.3 is 5.97 Å². The number of para-hydroxylation sites is 1. The first-order valence-electron chi connectivity index (χ1n) is 10.0. The van der Waals surface area contributed by atoms with Crippen LogP contribution in [0.3, 0.4) is 0 Å². The van der Waals surface area contributed by atoms with Gasteiger partial charge in [-0.3, -0.25) is 19.3 Å². The molecule has 0 radical (unpaired) electrons. The fraction of sp³-hybridized carbons (Fsp3) is 0.524. The molecule has 2 heterocycles. The molecule has 0 spiro atoms. The van der Waals surface area contributed by atoms with Crippen LogP contribution in [0.4, 0.5) is 5.69 Å². The molecule has 154 valence electrons. The molecule has 2 aliphatic heterocycles. The molecule has 1 aromatic carbocycles. The number of carbonyl (C=O) groups excluding carboxylic acids is 4. The quantitative estimate of drug-likeness (QED) is 0.731. The lowest BCUT2D eigenvalue weighted by Gasteiger charge is -2.48. The second-order valence-corrected chi connectivity index (χ2v) is 8.29. The Bertz CT molecular complexity index is 879. The van der Waals surface area contributed by atoms with Crippen LogP contribution in [-0.4, -0.2) is 53.4 Å². The summed E-state index contributed by atoms with van der Waals surface area (Å²) in [4.78, 5) is 54.3. The Morgan fingerprint density at radius 3 is 2.66 bits per heavy atom. The van der Waals surface area contributed by atoms with E-state index in [1.807, 2.05) is 13.8 Å². The van der Waals surface area contributed by atoms with Crippen molar-refractivity contribution in [2.24, 2.45) is 5.92 Å². The van der Waals surface area contributed by atoms with Crippen molar-refractivity contribution < 1.29 is 23.9 Å². The number of fused-ring (bicyclic) bond motifs is 3. The van der Waals surface area contributed by atoms with Gasteiger partial charge in [0.15, 0.2) is 6.61 Å². The fourth-order valence-electron chi connectivity index (χ4n) is 4.11. The molecule has 2 fully saturated rings. The van der Waals surface area contributed by atoms with Crippen molar-refractivity contribution in [1.82, 2.24) is 10.2 Å². The van der Waals surface area contributed by atoms with Crippen molar-refractivity contribution in [3.05, 3.63) is 29.8 Å². The number of rotatable bonds is 6. The van der Waals surface area contributed by atoms with Crippen LogP contribution < -0.4 is 10.2 Å². The topological polar surface area (TPSA) is 96.0 Å². The number of esters is 1. The number of hydrogen-bond donors (Lipinski definition) is 1. The Morgan fingerprint density at radius 2 is 1.97 bits per heavy atom. The van der Waals surface area contributed by atoms with E-state index < -0.39 is 18.2 Å². The highest BCUT2D eigenvalue weighted by molar-refractivity contribution is 6.15. The summed E-state index contributed by atoms with van der Waals surface area (Å²) in [5.41, 5.74) is -0.746. The maximum Gasteiger partial charge on any atom is 0.354 e. The summed E-state index contributed by atoms with van der Waals surface area (Å²) < 4.78 is 5.36. The van der Waals surface area contributed by atoms with Gasteiger partial charge in [0.2, 0.25) is 11.6 Å². The second-order valence-electron chi connectivity index (χ2n) is 8.29. The number of benzene rings is 1. The molecule has 1 aromatic rings. The van der Waals surface area contributed by atoms with E-state index in [2.05, 4.69) is 5.32 Å². The molecule has 1 atom stereocenters. The Hall–Kier alpha value is -2.90. The average molecular weight is 399 g/mol. The van der Waals surface area contributed by atoms with Crippen LogP contribution in [0, 0.1) is 5.92 Å². The van der Waals surface area contributed by atoms with E-state index in [1.54, 1.807) is 24.3 Å². The summed E-state index contributed by atoms with van der Waals surface area (Å²) in [6.07, 6.45) is 2.12. The highest BCUT2D eigenvalue weighted by Gasteiger charge is 2.62. The first-order valence-corrected chi connectivity index (χ1v) is 10.0. The third-order valence-electron chi connectivity index (χ3n) is 5.53. The summed E-state index contributed by atoms with van der Waals surface area (Å²) in [5, 5.41) is 2.77. The molecule has 1 saturated carbocycles. The zero-order chi connectivity index (χ0) is 20.8. The summed E-state index contributed by atoms with van der Waals surface area (Å²) in [6.45, 7) is 3.75. The molecule has 1 aliphatic carbocycles. The first-order chi connectivity index (χ1) is 13.8. The van der Waals surface area contributed by atoms with Gasteiger partial charge in [0.1, 0.15) is 0 Å². The van der Waals surface area contributed by atoms with E-state index in [0.29, 0.717) is 17.8 Å². The molecule has 3 aliphatic rings. The lowest BCUT2D eigenvalue weighted by atomic mass is 9.95. The molecule has 29 heavy (non-hydrogen) atoms. The summed E-state index contributed by atoms with van der Waals surface area (Å²) in [7, 11) is 0. The van der Waals surface area contributed by atoms with Crippen LogP contribution in [0.5, 0.6) is 0 Å². The van der Waals surface area contributed by atoms with Gasteiger partial charge in [0.25, 0.3) is 11.8 Å². The summed E-state index contributed by atoms with van der Waals surface area (Å²) in [5.74, 6) is -1.58. The van der Waals surface area contributed by atoms with Gasteiger partial charge in [-0.15, -0.1) is 0 Å². The molecule has 1 saturated heterocycles. The van der Waals surface area contributed by atoms with Crippen LogP contribution >= 0.6 is 0 Å². The maximum atomic E-state index is 13.3. The normalized spacial score (nSPS) is 23.1. The number of nitrogens with one attached hydrogen (secondary N) is 1. The van der Waals surface area contributed by atoms with Gasteiger partial charge in [-0.2, -0.15) is 0 Å². The number of carbonyl (C=O) groups is 4. The minimum atomic E-state index is -1.55. The third-order valence-corrected chi connectivity index (χ3v) is 5.53. The third kappa shape index (κ3) is 3.26. The molecular weight excluding hydrogens is 374 g/mol. The predicted octanol–water partition coefficient (Wildman–Crippen LogP) is 1.44. The summed E-state index contributed by atoms with van der Waals surface area (Å²) >= 11 is 0. The SMILES string of the molecule is CC(C)CN1C(=O)c2ccccc2N2C(=O)CC[C@]12C(=O)OCC(=O)NC1CC1. The maximum absolute atomic E-state index is 13.3. The van der Waals surface area contributed by atoms with Gasteiger partial charge in [0.05, 0.1) is 11.3 Å². The smallest absolute Gasteiger partial charge is 0.354 e. The van der Waals surface area contributed by atoms with Crippen molar-refractivity contribution in [2.45, 2.75) is 51.2 Å². The first kappa shape index (κ1) is 19.4. The molecule has 8 heteroatoms. The fourth-order valence-corrected chi connectivity index (χ4v) is 4.11. The zero-order valence-corrected chi connectivity index (χ0v) is 16.6. The van der Waals surface area contributed by atoms with Crippen molar-refractivity contribution in [3.8, 4) is 0 Å². The Kier molecular flexibility index (Phi) is 4.80. The number of ether oxygens (including phenoxy) is 1. The second kappa shape index (κ2) is 7.17. The number of hydrogen-bond acceptors (Lipinski definition) is 5. The molecule has 3 amide bonds. The standard InChI is InChI=1S/C21H25N3O5/c1-13(2)11-23-19(27)15-5-3-4-6-16(15)24-18(26)9-10-21(23,24)20(28)29-12-17(25)22-14-7-8-14/h3-6,13-14H,7-12H2,1-2H3,(H,22,25)/t21-/m0/s1. The van der Waals surface area contributed by atoms with E-state index in [9.17, 15) is 19.2 Å². The highest BCUT2D eigenvalue weighted by atomic mass is 16.5. The van der Waals surface area contributed by atoms with Crippen LogP contribution in [-0.2, 0) is 19.1 Å². The van der Waals surface area contributed by atoms with E-state index in [1.165, 1.54) is 9.80 Å². The van der Waals surface area contributed by atoms with Gasteiger partial charge in [-0.25, -0.2) is 4.79 Å². The minimum absolute atomic E-state index is 0.0737. The van der Waals surface area contributed by atoms with Crippen molar-refractivity contribution in [2.75, 3.05) is 18.1 Å². The van der Waals surface area contributed by atoms with Crippen LogP contribution in [0.15, 0.2) is 24.3 Å². The number of amides is 3. The van der Waals surface area contributed by atoms with Crippen molar-refractivity contribution in [3.63, 3.8) is 0 Å². The Labute approximate surface area is 169 Å². The van der Waals surface area contributed by atoms with Gasteiger partial charge in [-0.05, 0) is 30.9 Å². The average Bonchev–Trinajstić information content (AvgIpc) is 3.43. The lowest BCUT2D eigenvalue weighted by Crippen LogP contribution is -2.69. The van der Waals surface area contributed by atoms with Crippen LogP contribution in [0.2, 0.25) is 0 Å². The Balaban J connectivity index is 1.70. The van der Waals surface area contributed by atoms with Gasteiger partial charge < -0.3 is 15.0 Å². The minimum Gasteiger partial charge on any atom is -0.452 e. The summed E-state index contributed by atoms with van der Waals surface area (Å²) in [6, 6.07) is 6.96. The van der Waals surface area contributed by atoms with E-state index in [0.717, 1.165) is 12.8 Å². The highest BCUT2D eigenvalue weighted by Crippen LogP contribution is 2.45. The molecule has 0 aromatic heterocycles. The van der Waals surface area contributed by atoms with E-state index in [-0.39, 0.29) is 42.5 Å². The monoisotopic (exact) mass is 399 g/mol. The van der Waals surface area contributed by atoms with Crippen molar-refractivity contribution in [1.29, 1.82) is 0 Å². The van der Waals surface area contributed by atoms with E-state index in [4.69, 9.17) is 4.74 Å². The number of nitrogens with zero attached hydrogens (tertiary/aromatic N) is 2. The molecule has 0 unspecified atom stereocenters. The molecule has 1 N–H and O–H groups in total. The molecule has 8 nitrogen and oxygen atoms in total. The van der Waals surface area contributed by atoms with Gasteiger partial charge in [-0.1, -0.05) is 26.0 Å². The lowest BCUT2D eigenvalue weighted by molar-refractivity contribution is -0.160. The largest absolute Gasteiger partial charge is 0.452 e. The molecular formula is C21H25N3O5. The number of anilines is 1. The van der Waals surface area contributed by atoms with E-state index >= 15 is 0 Å². The Morgan fingerprint density at radius 1 is 1.24 bits per heavy atom. The van der Waals surface area contributed by atoms with Crippen LogP contribution in [0.1, 0.15) is 49.9 Å². The zero-order valence-electron chi connectivity index (χ0n) is 16.6. The van der Waals surface area contributed by atoms with Gasteiger partial charge in [0, 0.05) is 25.4 Å². The molecule has 0 bridgehead atoms. The van der Waals surface area contributed by atoms with Crippen molar-refractivity contribution >= 4 is 29.4 Å². The molecule has 4 rings (SSSR count). The predicted molar refractivity (Wildman–Crippen MR) is 104 cm³/mol. The van der Waals surface area contributed by atoms with Crippen LogP contribution in [0.25, 0.3) is 0 Å².